The van der Waals surface area contributed by atoms with E-state index in [-0.39, 0.29) is 55.9 Å². The van der Waals surface area contributed by atoms with E-state index in [1.54, 1.807) is 20.8 Å². The van der Waals surface area contributed by atoms with Crippen LogP contribution < -0.4 is 16.4 Å². The topological polar surface area (TPSA) is 196 Å². The van der Waals surface area contributed by atoms with Crippen LogP contribution in [0, 0.1) is 0 Å². The summed E-state index contributed by atoms with van der Waals surface area (Å²) in [5.41, 5.74) is 5.21. The van der Waals surface area contributed by atoms with E-state index in [4.69, 9.17) is 24.7 Å². The maximum atomic E-state index is 13.1. The van der Waals surface area contributed by atoms with Crippen molar-refractivity contribution >= 4 is 41.3 Å². The predicted octanol–water partition coefficient (Wildman–Crippen LogP) is 0.662. The molecule has 2 aliphatic rings. The molecule has 6 amide bonds. The normalized spacial score (nSPS) is 16.5. The molecule has 3 rings (SSSR count). The third kappa shape index (κ3) is 9.80. The molecule has 15 heteroatoms. The van der Waals surface area contributed by atoms with E-state index < -0.39 is 47.3 Å². The van der Waals surface area contributed by atoms with Gasteiger partial charge in [-0.3, -0.25) is 34.2 Å². The molecule has 2 aliphatic heterocycles. The molecule has 0 spiro atoms. The van der Waals surface area contributed by atoms with Gasteiger partial charge in [0.15, 0.2) is 0 Å². The van der Waals surface area contributed by atoms with Crippen molar-refractivity contribution in [1.29, 1.82) is 0 Å². The van der Waals surface area contributed by atoms with Gasteiger partial charge >= 0.3 is 6.09 Å². The zero-order chi connectivity index (χ0) is 32.3. The lowest BCUT2D eigenvalue weighted by Crippen LogP contribution is -2.54. The second-order valence-electron chi connectivity index (χ2n) is 11.1. The second-order valence-corrected chi connectivity index (χ2v) is 11.1. The van der Waals surface area contributed by atoms with Crippen LogP contribution in [0.3, 0.4) is 0 Å². The van der Waals surface area contributed by atoms with Gasteiger partial charge in [0, 0.05) is 26.1 Å². The molecule has 15 nitrogen and oxygen atoms in total. The number of benzene rings is 1. The molecule has 0 saturated carbocycles. The second kappa shape index (κ2) is 16.2. The zero-order valence-corrected chi connectivity index (χ0v) is 25.3. The number of imide groups is 2. The van der Waals surface area contributed by atoms with Crippen LogP contribution >= 0.6 is 0 Å². The minimum atomic E-state index is -1.10. The summed E-state index contributed by atoms with van der Waals surface area (Å²) in [5, 5.41) is 4.79. The number of piperidine rings is 1. The number of carbonyl (C=O) groups excluding carboxylic acids is 6. The highest BCUT2D eigenvalue weighted by Crippen LogP contribution is 2.32. The van der Waals surface area contributed by atoms with Crippen LogP contribution in [-0.4, -0.2) is 116 Å². The number of fused-ring (bicyclic) bond motifs is 1. The number of hydrogen-bond donors (Lipinski definition) is 3. The highest BCUT2D eigenvalue weighted by atomic mass is 16.6. The lowest BCUT2D eigenvalue weighted by molar-refractivity contribution is -0.136. The molecule has 44 heavy (non-hydrogen) atoms. The van der Waals surface area contributed by atoms with Crippen molar-refractivity contribution in [3.05, 3.63) is 29.3 Å². The maximum Gasteiger partial charge on any atom is 0.410 e. The number of carbonyl (C=O) groups is 6. The fraction of sp³-hybridized carbons (Fsp3) is 0.586. The molecule has 242 valence electrons. The molecule has 4 N–H and O–H groups in total. The van der Waals surface area contributed by atoms with E-state index in [1.807, 2.05) is 0 Å². The molecule has 1 atom stereocenters. The number of nitrogens with two attached hydrogens (primary N) is 1. The van der Waals surface area contributed by atoms with Crippen molar-refractivity contribution in [2.45, 2.75) is 51.7 Å². The predicted molar refractivity (Wildman–Crippen MR) is 156 cm³/mol. The highest BCUT2D eigenvalue weighted by Gasteiger charge is 2.45. The highest BCUT2D eigenvalue weighted by molar-refractivity contribution is 6.26. The Labute approximate surface area is 255 Å². The molecular formula is C29H41N5O10. The summed E-state index contributed by atoms with van der Waals surface area (Å²) in [6, 6.07) is 3.38. The van der Waals surface area contributed by atoms with Gasteiger partial charge in [-0.15, -0.1) is 0 Å². The summed E-state index contributed by atoms with van der Waals surface area (Å²) in [7, 11) is 0. The summed E-state index contributed by atoms with van der Waals surface area (Å²) in [4.78, 5) is 76.9. The van der Waals surface area contributed by atoms with Gasteiger partial charge in [0.2, 0.25) is 17.7 Å². The fourth-order valence-electron chi connectivity index (χ4n) is 4.49. The minimum Gasteiger partial charge on any atom is -0.444 e. The van der Waals surface area contributed by atoms with E-state index in [0.29, 0.717) is 39.5 Å². The first kappa shape index (κ1) is 34.6. The van der Waals surface area contributed by atoms with Gasteiger partial charge in [-0.1, -0.05) is 6.07 Å². The molecule has 0 bridgehead atoms. The first-order valence-electron chi connectivity index (χ1n) is 14.5. The number of hydrogen-bond acceptors (Lipinski definition) is 11. The SMILES string of the molecule is CC(C)(C)OC(=O)N(CCN)CCOCCOCCOCCC(=O)Nc1cccc2c1C(=O)N(C1CCC(=O)NC1=O)C2=O. The molecule has 0 aliphatic carbocycles. The minimum absolute atomic E-state index is 0.00372. The Morgan fingerprint density at radius 2 is 1.64 bits per heavy atom. The third-order valence-electron chi connectivity index (χ3n) is 6.52. The Morgan fingerprint density at radius 3 is 2.27 bits per heavy atom. The van der Waals surface area contributed by atoms with Crippen molar-refractivity contribution in [2.75, 3.05) is 64.6 Å². The summed E-state index contributed by atoms with van der Waals surface area (Å²) < 4.78 is 21.8. The smallest absolute Gasteiger partial charge is 0.410 e. The maximum absolute atomic E-state index is 13.1. The van der Waals surface area contributed by atoms with Gasteiger partial charge in [0.1, 0.15) is 11.6 Å². The monoisotopic (exact) mass is 619 g/mol. The molecule has 2 heterocycles. The van der Waals surface area contributed by atoms with Crippen LogP contribution in [0.5, 0.6) is 0 Å². The third-order valence-corrected chi connectivity index (χ3v) is 6.52. The number of nitrogens with one attached hydrogen (secondary N) is 2. The zero-order valence-electron chi connectivity index (χ0n) is 25.3. The van der Waals surface area contributed by atoms with E-state index >= 15 is 0 Å². The van der Waals surface area contributed by atoms with Crippen LogP contribution in [0.25, 0.3) is 0 Å². The summed E-state index contributed by atoms with van der Waals surface area (Å²) in [6.45, 7) is 7.93. The largest absolute Gasteiger partial charge is 0.444 e. The lowest BCUT2D eigenvalue weighted by atomic mass is 10.0. The summed E-state index contributed by atoms with van der Waals surface area (Å²) in [6.07, 6.45) is -0.405. The average Bonchev–Trinajstić information content (AvgIpc) is 3.20. The van der Waals surface area contributed by atoms with Crippen LogP contribution in [-0.2, 0) is 33.3 Å². The summed E-state index contributed by atoms with van der Waals surface area (Å²) in [5.74, 6) is -2.96. The Morgan fingerprint density at radius 1 is 0.977 bits per heavy atom. The standard InChI is InChI=1S/C29H41N5O10/c1-29(2,3)44-28(40)33(11-10-30)12-14-42-16-18-43-17-15-41-13-9-23(36)31-20-6-4-5-19-24(20)27(39)34(26(19)38)21-7-8-22(35)32-25(21)37/h4-6,21H,7-18,30H2,1-3H3,(H,31,36)(H,32,35,37). The van der Waals surface area contributed by atoms with Crippen LogP contribution in [0.2, 0.25) is 0 Å². The molecule has 1 unspecified atom stereocenters. The first-order valence-corrected chi connectivity index (χ1v) is 14.5. The van der Waals surface area contributed by atoms with Gasteiger partial charge < -0.3 is 34.9 Å². The van der Waals surface area contributed by atoms with Gasteiger partial charge in [-0.05, 0) is 39.3 Å². The Hall–Kier alpha value is -3.92. The van der Waals surface area contributed by atoms with Crippen molar-refractivity contribution in [3.63, 3.8) is 0 Å². The van der Waals surface area contributed by atoms with Crippen molar-refractivity contribution in [2.24, 2.45) is 5.73 Å². The number of amides is 6. The van der Waals surface area contributed by atoms with Gasteiger partial charge in [0.05, 0.1) is 62.9 Å². The van der Waals surface area contributed by atoms with E-state index in [9.17, 15) is 28.8 Å². The molecular weight excluding hydrogens is 578 g/mol. The van der Waals surface area contributed by atoms with E-state index in [0.717, 1.165) is 4.90 Å². The van der Waals surface area contributed by atoms with E-state index in [1.165, 1.54) is 23.1 Å². The van der Waals surface area contributed by atoms with E-state index in [2.05, 4.69) is 10.6 Å². The lowest BCUT2D eigenvalue weighted by Gasteiger charge is -2.27. The molecule has 0 radical (unpaired) electrons. The Kier molecular flexibility index (Phi) is 12.8. The molecule has 1 fully saturated rings. The average molecular weight is 620 g/mol. The summed E-state index contributed by atoms with van der Waals surface area (Å²) >= 11 is 0. The Balaban J connectivity index is 1.31. The number of nitrogens with zero attached hydrogens (tertiary/aromatic N) is 2. The van der Waals surface area contributed by atoms with Crippen LogP contribution in [0.4, 0.5) is 10.5 Å². The molecule has 1 aromatic rings. The van der Waals surface area contributed by atoms with Crippen molar-refractivity contribution in [1.82, 2.24) is 15.1 Å². The van der Waals surface area contributed by atoms with Gasteiger partial charge in [-0.25, -0.2) is 4.79 Å². The van der Waals surface area contributed by atoms with Crippen molar-refractivity contribution < 1.29 is 47.7 Å². The molecule has 1 saturated heterocycles. The number of anilines is 1. The number of rotatable bonds is 16. The first-order chi connectivity index (χ1) is 20.9. The van der Waals surface area contributed by atoms with Crippen molar-refractivity contribution in [3.8, 4) is 0 Å². The van der Waals surface area contributed by atoms with Crippen LogP contribution in [0.15, 0.2) is 18.2 Å². The quantitative estimate of drug-likeness (QED) is 0.174. The molecule has 0 aromatic heterocycles. The van der Waals surface area contributed by atoms with Gasteiger partial charge in [-0.2, -0.15) is 0 Å². The van der Waals surface area contributed by atoms with Gasteiger partial charge in [0.25, 0.3) is 11.8 Å². The fourth-order valence-corrected chi connectivity index (χ4v) is 4.49. The Bertz CT molecular complexity index is 1230. The molecule has 1 aromatic carbocycles. The van der Waals surface area contributed by atoms with Crippen LogP contribution in [0.1, 0.15) is 60.7 Å². The number of ether oxygens (including phenoxy) is 4.